The number of aryl methyl sites for hydroxylation is 2. The van der Waals surface area contributed by atoms with E-state index >= 15 is 0 Å². The summed E-state index contributed by atoms with van der Waals surface area (Å²) in [5.74, 6) is 1.26. The topological polar surface area (TPSA) is 59.8 Å². The predicted molar refractivity (Wildman–Crippen MR) is 115 cm³/mol. The van der Waals surface area contributed by atoms with Crippen molar-refractivity contribution in [3.63, 3.8) is 0 Å². The molecule has 0 radical (unpaired) electrons. The molecule has 146 valence electrons. The average Bonchev–Trinajstić information content (AvgIpc) is 3.05. The Morgan fingerprint density at radius 3 is 2.71 bits per heavy atom. The van der Waals surface area contributed by atoms with Crippen molar-refractivity contribution in [2.24, 2.45) is 0 Å². The monoisotopic (exact) mass is 414 g/mol. The van der Waals surface area contributed by atoms with Gasteiger partial charge in [0.05, 0.1) is 6.42 Å². The van der Waals surface area contributed by atoms with Gasteiger partial charge in [-0.05, 0) is 49.6 Å². The van der Waals surface area contributed by atoms with E-state index in [0.29, 0.717) is 18.1 Å². The molecule has 0 aliphatic rings. The third-order valence-corrected chi connectivity index (χ3v) is 5.79. The van der Waals surface area contributed by atoms with Gasteiger partial charge in [-0.1, -0.05) is 53.7 Å². The second kappa shape index (κ2) is 9.26. The molecule has 0 spiro atoms. The fourth-order valence-corrected chi connectivity index (χ4v) is 4.15. The number of hydrogen-bond donors (Lipinski definition) is 1. The standard InChI is InChI=1S/C21H23ClN4OS/c1-4-26-19(12-20(27)23-18-11-14(2)9-10-15(18)3)24-25-21(26)28-13-16-7-5-6-8-17(16)22/h5-11H,4,12-13H2,1-3H3,(H,23,27). The number of carbonyl (C=O) groups is 1. The van der Waals surface area contributed by atoms with Gasteiger partial charge in [-0.3, -0.25) is 4.79 Å². The van der Waals surface area contributed by atoms with Gasteiger partial charge < -0.3 is 9.88 Å². The SMILES string of the molecule is CCn1c(CC(=O)Nc2cc(C)ccc2C)nnc1SCc1ccccc1Cl. The Balaban J connectivity index is 1.68. The lowest BCUT2D eigenvalue weighted by Gasteiger charge is -2.10. The van der Waals surface area contributed by atoms with Gasteiger partial charge in [0.25, 0.3) is 0 Å². The van der Waals surface area contributed by atoms with Crippen LogP contribution in [0.5, 0.6) is 0 Å². The number of nitrogens with zero attached hydrogens (tertiary/aromatic N) is 3. The minimum absolute atomic E-state index is 0.0987. The first kappa shape index (κ1) is 20.4. The highest BCUT2D eigenvalue weighted by atomic mass is 35.5. The molecular formula is C21H23ClN4OS. The van der Waals surface area contributed by atoms with E-state index in [4.69, 9.17) is 11.6 Å². The number of amides is 1. The van der Waals surface area contributed by atoms with Crippen molar-refractivity contribution in [2.45, 2.75) is 44.6 Å². The Labute approximate surface area is 174 Å². The number of anilines is 1. The molecule has 0 atom stereocenters. The van der Waals surface area contributed by atoms with Crippen LogP contribution in [0.3, 0.4) is 0 Å². The normalized spacial score (nSPS) is 10.9. The molecule has 0 saturated carbocycles. The number of hydrogen-bond acceptors (Lipinski definition) is 4. The van der Waals surface area contributed by atoms with Crippen molar-refractivity contribution in [1.82, 2.24) is 14.8 Å². The summed E-state index contributed by atoms with van der Waals surface area (Å²) in [5, 5.41) is 13.0. The van der Waals surface area contributed by atoms with E-state index in [1.165, 1.54) is 0 Å². The van der Waals surface area contributed by atoms with E-state index < -0.39 is 0 Å². The zero-order valence-electron chi connectivity index (χ0n) is 16.2. The highest BCUT2D eigenvalue weighted by Gasteiger charge is 2.16. The minimum atomic E-state index is -0.0987. The summed E-state index contributed by atoms with van der Waals surface area (Å²) in [7, 11) is 0. The number of benzene rings is 2. The largest absolute Gasteiger partial charge is 0.325 e. The Bertz CT molecular complexity index is 986. The molecule has 7 heteroatoms. The van der Waals surface area contributed by atoms with Crippen molar-refractivity contribution in [3.8, 4) is 0 Å². The van der Waals surface area contributed by atoms with Gasteiger partial charge in [0.2, 0.25) is 5.91 Å². The summed E-state index contributed by atoms with van der Waals surface area (Å²) < 4.78 is 1.98. The molecule has 1 aromatic heterocycles. The number of thioether (sulfide) groups is 1. The van der Waals surface area contributed by atoms with E-state index in [9.17, 15) is 4.79 Å². The van der Waals surface area contributed by atoms with Crippen LogP contribution in [-0.4, -0.2) is 20.7 Å². The molecular weight excluding hydrogens is 392 g/mol. The molecule has 0 unspecified atom stereocenters. The van der Waals surface area contributed by atoms with Gasteiger partial charge in [-0.15, -0.1) is 10.2 Å². The zero-order chi connectivity index (χ0) is 20.1. The second-order valence-corrected chi connectivity index (χ2v) is 7.92. The van der Waals surface area contributed by atoms with E-state index in [1.54, 1.807) is 11.8 Å². The van der Waals surface area contributed by atoms with Gasteiger partial charge in [-0.2, -0.15) is 0 Å². The van der Waals surface area contributed by atoms with Crippen LogP contribution in [0.15, 0.2) is 47.6 Å². The van der Waals surface area contributed by atoms with Crippen LogP contribution in [0.2, 0.25) is 5.02 Å². The maximum absolute atomic E-state index is 12.5. The third-order valence-electron chi connectivity index (χ3n) is 4.41. The van der Waals surface area contributed by atoms with E-state index in [0.717, 1.165) is 32.6 Å². The lowest BCUT2D eigenvalue weighted by atomic mass is 10.1. The summed E-state index contributed by atoms with van der Waals surface area (Å²) in [6, 6.07) is 13.8. The van der Waals surface area contributed by atoms with E-state index in [-0.39, 0.29) is 12.3 Å². The Hall–Kier alpha value is -2.31. The summed E-state index contributed by atoms with van der Waals surface area (Å²) in [4.78, 5) is 12.5. The Morgan fingerprint density at radius 1 is 1.18 bits per heavy atom. The zero-order valence-corrected chi connectivity index (χ0v) is 17.8. The third kappa shape index (κ3) is 4.94. The first-order valence-electron chi connectivity index (χ1n) is 9.13. The summed E-state index contributed by atoms with van der Waals surface area (Å²) in [6.45, 7) is 6.71. The number of carbonyl (C=O) groups excluding carboxylic acids is 1. The van der Waals surface area contributed by atoms with Crippen LogP contribution in [0.25, 0.3) is 0 Å². The van der Waals surface area contributed by atoms with Gasteiger partial charge in [-0.25, -0.2) is 0 Å². The summed E-state index contributed by atoms with van der Waals surface area (Å²) in [5.41, 5.74) is 4.03. The number of aromatic nitrogens is 3. The first-order valence-corrected chi connectivity index (χ1v) is 10.5. The maximum atomic E-state index is 12.5. The van der Waals surface area contributed by atoms with Crippen molar-refractivity contribution >= 4 is 35.0 Å². The molecule has 28 heavy (non-hydrogen) atoms. The van der Waals surface area contributed by atoms with Gasteiger partial charge in [0, 0.05) is 23.0 Å². The molecule has 0 bridgehead atoms. The highest BCUT2D eigenvalue weighted by molar-refractivity contribution is 7.98. The molecule has 0 fully saturated rings. The maximum Gasteiger partial charge on any atom is 0.232 e. The van der Waals surface area contributed by atoms with Crippen molar-refractivity contribution < 1.29 is 4.79 Å². The lowest BCUT2D eigenvalue weighted by molar-refractivity contribution is -0.115. The smallest absolute Gasteiger partial charge is 0.232 e. The molecule has 5 nitrogen and oxygen atoms in total. The van der Waals surface area contributed by atoms with Crippen molar-refractivity contribution in [3.05, 3.63) is 70.0 Å². The van der Waals surface area contributed by atoms with Crippen LogP contribution < -0.4 is 5.32 Å². The molecule has 1 heterocycles. The van der Waals surface area contributed by atoms with Crippen molar-refractivity contribution in [1.29, 1.82) is 0 Å². The summed E-state index contributed by atoms with van der Waals surface area (Å²) >= 11 is 7.80. The molecule has 3 rings (SSSR count). The number of nitrogens with one attached hydrogen (secondary N) is 1. The van der Waals surface area contributed by atoms with E-state index in [2.05, 4.69) is 15.5 Å². The average molecular weight is 415 g/mol. The first-order chi connectivity index (χ1) is 13.5. The van der Waals surface area contributed by atoms with Crippen LogP contribution >= 0.6 is 23.4 Å². The second-order valence-electron chi connectivity index (χ2n) is 6.57. The highest BCUT2D eigenvalue weighted by Crippen LogP contribution is 2.26. The Morgan fingerprint density at radius 2 is 1.96 bits per heavy atom. The molecule has 0 aliphatic carbocycles. The fraction of sp³-hybridized carbons (Fsp3) is 0.286. The summed E-state index contributed by atoms with van der Waals surface area (Å²) in [6.07, 6.45) is 0.181. The molecule has 0 saturated heterocycles. The molecule has 1 amide bonds. The van der Waals surface area contributed by atoms with E-state index in [1.807, 2.05) is 67.8 Å². The number of halogens is 1. The van der Waals surface area contributed by atoms with Crippen LogP contribution in [-0.2, 0) is 23.5 Å². The molecule has 0 aliphatic heterocycles. The lowest BCUT2D eigenvalue weighted by Crippen LogP contribution is -2.18. The van der Waals surface area contributed by atoms with Gasteiger partial charge in [0.1, 0.15) is 5.82 Å². The fourth-order valence-electron chi connectivity index (χ4n) is 2.84. The van der Waals surface area contributed by atoms with Gasteiger partial charge >= 0.3 is 0 Å². The molecule has 2 aromatic carbocycles. The minimum Gasteiger partial charge on any atom is -0.325 e. The number of rotatable bonds is 7. The van der Waals surface area contributed by atoms with Crippen LogP contribution in [0, 0.1) is 13.8 Å². The predicted octanol–water partition coefficient (Wildman–Crippen LogP) is 5.04. The van der Waals surface area contributed by atoms with Crippen molar-refractivity contribution in [2.75, 3.05) is 5.32 Å². The molecule has 1 N–H and O–H groups in total. The van der Waals surface area contributed by atoms with Crippen LogP contribution in [0.4, 0.5) is 5.69 Å². The van der Waals surface area contributed by atoms with Gasteiger partial charge in [0.15, 0.2) is 5.16 Å². The Kier molecular flexibility index (Phi) is 6.75. The molecule has 3 aromatic rings. The quantitative estimate of drug-likeness (QED) is 0.550. The van der Waals surface area contributed by atoms with Crippen LogP contribution in [0.1, 0.15) is 29.4 Å².